The molecule has 8 heteroatoms. The number of rotatable bonds is 4. The van der Waals surface area contributed by atoms with Crippen molar-refractivity contribution in [1.82, 2.24) is 15.2 Å². The molecule has 2 amide bonds. The topological polar surface area (TPSA) is 121 Å². The third-order valence-corrected chi connectivity index (χ3v) is 6.25. The van der Waals surface area contributed by atoms with Crippen molar-refractivity contribution in [3.8, 4) is 0 Å². The minimum atomic E-state index is -1.09. The Labute approximate surface area is 169 Å². The molecule has 3 heterocycles. The Hall–Kier alpha value is -2.42. The lowest BCUT2D eigenvalue weighted by Crippen LogP contribution is -2.64. The van der Waals surface area contributed by atoms with E-state index in [1.807, 2.05) is 29.3 Å². The summed E-state index contributed by atoms with van der Waals surface area (Å²) in [6, 6.07) is 6.89. The van der Waals surface area contributed by atoms with Gasteiger partial charge in [0, 0.05) is 42.2 Å². The van der Waals surface area contributed by atoms with E-state index in [0.29, 0.717) is 25.1 Å². The number of aromatic amines is 1. The van der Waals surface area contributed by atoms with Crippen LogP contribution in [0.2, 0.25) is 0 Å². The SMILES string of the molecule is C[C@]1(O)CC2(CCN(CC(N)=O)CC2)OC[C@@H]1NC(=O)c1ccc2[nH]ccc2c1. The van der Waals surface area contributed by atoms with Gasteiger partial charge in [-0.2, -0.15) is 0 Å². The molecule has 2 aliphatic rings. The molecule has 0 saturated carbocycles. The highest BCUT2D eigenvalue weighted by molar-refractivity contribution is 5.98. The molecule has 1 spiro atoms. The van der Waals surface area contributed by atoms with Crippen LogP contribution < -0.4 is 11.1 Å². The molecule has 8 nitrogen and oxygen atoms in total. The largest absolute Gasteiger partial charge is 0.388 e. The van der Waals surface area contributed by atoms with Crippen LogP contribution in [-0.4, -0.2) is 70.3 Å². The van der Waals surface area contributed by atoms with Crippen molar-refractivity contribution in [3.05, 3.63) is 36.0 Å². The van der Waals surface area contributed by atoms with Gasteiger partial charge in [-0.25, -0.2) is 0 Å². The Morgan fingerprint density at radius 3 is 2.79 bits per heavy atom. The zero-order chi connectivity index (χ0) is 20.6. The van der Waals surface area contributed by atoms with E-state index in [1.165, 1.54) is 0 Å². The van der Waals surface area contributed by atoms with Gasteiger partial charge >= 0.3 is 0 Å². The lowest BCUT2D eigenvalue weighted by Gasteiger charge is -2.51. The summed E-state index contributed by atoms with van der Waals surface area (Å²) in [4.78, 5) is 29.0. The number of hydrogen-bond donors (Lipinski definition) is 4. The maximum absolute atomic E-state index is 12.7. The Morgan fingerprint density at radius 1 is 1.34 bits per heavy atom. The number of nitrogens with zero attached hydrogens (tertiary/aromatic N) is 1. The Bertz CT molecular complexity index is 914. The fourth-order valence-corrected chi connectivity index (χ4v) is 4.56. The minimum Gasteiger partial charge on any atom is -0.388 e. The number of benzene rings is 1. The predicted octanol–water partition coefficient (Wildman–Crippen LogP) is 0.758. The summed E-state index contributed by atoms with van der Waals surface area (Å²) >= 11 is 0. The molecule has 0 radical (unpaired) electrons. The Morgan fingerprint density at radius 2 is 2.10 bits per heavy atom. The van der Waals surface area contributed by atoms with E-state index >= 15 is 0 Å². The summed E-state index contributed by atoms with van der Waals surface area (Å²) in [5.74, 6) is -0.563. The number of amides is 2. The summed E-state index contributed by atoms with van der Waals surface area (Å²) in [5.41, 5.74) is 5.29. The zero-order valence-electron chi connectivity index (χ0n) is 16.6. The second kappa shape index (κ2) is 7.44. The zero-order valence-corrected chi connectivity index (χ0v) is 16.6. The summed E-state index contributed by atoms with van der Waals surface area (Å²) in [7, 11) is 0. The Kier molecular flexibility index (Phi) is 5.10. The maximum Gasteiger partial charge on any atom is 0.251 e. The molecule has 4 rings (SSSR count). The summed E-state index contributed by atoms with van der Waals surface area (Å²) in [5, 5.41) is 15.0. The number of primary amides is 1. The highest BCUT2D eigenvalue weighted by Gasteiger charge is 2.49. The van der Waals surface area contributed by atoms with Crippen molar-refractivity contribution in [3.63, 3.8) is 0 Å². The second-order valence-electron chi connectivity index (χ2n) is 8.58. The van der Waals surface area contributed by atoms with Gasteiger partial charge in [-0.1, -0.05) is 0 Å². The van der Waals surface area contributed by atoms with Gasteiger partial charge in [0.1, 0.15) is 0 Å². The summed E-state index contributed by atoms with van der Waals surface area (Å²) in [6.45, 7) is 3.66. The van der Waals surface area contributed by atoms with Gasteiger partial charge in [-0.15, -0.1) is 0 Å². The fourth-order valence-electron chi connectivity index (χ4n) is 4.56. The van der Waals surface area contributed by atoms with Gasteiger partial charge in [0.05, 0.1) is 30.4 Å². The second-order valence-corrected chi connectivity index (χ2v) is 8.58. The first-order valence-electron chi connectivity index (χ1n) is 10.0. The first-order valence-corrected chi connectivity index (χ1v) is 10.0. The van der Waals surface area contributed by atoms with Crippen LogP contribution in [0.15, 0.2) is 30.5 Å². The number of aliphatic hydroxyl groups is 1. The summed E-state index contributed by atoms with van der Waals surface area (Å²) in [6.07, 6.45) is 3.72. The Balaban J connectivity index is 1.39. The van der Waals surface area contributed by atoms with E-state index in [1.54, 1.807) is 13.0 Å². The van der Waals surface area contributed by atoms with E-state index in [0.717, 1.165) is 23.7 Å². The third-order valence-electron chi connectivity index (χ3n) is 6.25. The third kappa shape index (κ3) is 4.14. The van der Waals surface area contributed by atoms with Crippen LogP contribution in [0.4, 0.5) is 0 Å². The number of likely N-dealkylation sites (tertiary alicyclic amines) is 1. The van der Waals surface area contributed by atoms with Crippen molar-refractivity contribution in [2.24, 2.45) is 5.73 Å². The number of carbonyl (C=O) groups excluding carboxylic acids is 2. The number of carbonyl (C=O) groups is 2. The quantitative estimate of drug-likeness (QED) is 0.604. The van der Waals surface area contributed by atoms with Gasteiger partial charge < -0.3 is 25.9 Å². The molecule has 5 N–H and O–H groups in total. The summed E-state index contributed by atoms with van der Waals surface area (Å²) < 4.78 is 6.18. The molecule has 0 bridgehead atoms. The molecule has 156 valence electrons. The molecular weight excluding hydrogens is 372 g/mol. The van der Waals surface area contributed by atoms with Crippen LogP contribution in [-0.2, 0) is 9.53 Å². The lowest BCUT2D eigenvalue weighted by atomic mass is 9.75. The van der Waals surface area contributed by atoms with Crippen molar-refractivity contribution in [2.75, 3.05) is 26.2 Å². The highest BCUT2D eigenvalue weighted by Crippen LogP contribution is 2.39. The number of aromatic nitrogens is 1. The van der Waals surface area contributed by atoms with E-state index in [4.69, 9.17) is 10.5 Å². The van der Waals surface area contributed by atoms with Gasteiger partial charge in [-0.3, -0.25) is 14.5 Å². The average Bonchev–Trinajstić information content (AvgIpc) is 3.13. The predicted molar refractivity (Wildman–Crippen MR) is 108 cm³/mol. The standard InChI is InChI=1S/C21H28N4O4/c1-20(28)13-21(5-8-25(9-6-21)11-18(22)26)29-12-17(20)24-19(27)15-2-3-16-14(10-15)4-7-23-16/h2-4,7,10,17,23,28H,5-6,8-9,11-13H2,1H3,(H2,22,26)(H,24,27)/t17-,20-/m0/s1. The fraction of sp³-hybridized carbons (Fsp3) is 0.524. The average molecular weight is 400 g/mol. The van der Waals surface area contributed by atoms with Crippen molar-refractivity contribution >= 4 is 22.7 Å². The number of hydrogen-bond acceptors (Lipinski definition) is 5. The van der Waals surface area contributed by atoms with Crippen LogP contribution >= 0.6 is 0 Å². The monoisotopic (exact) mass is 400 g/mol. The molecule has 2 saturated heterocycles. The van der Waals surface area contributed by atoms with E-state index in [9.17, 15) is 14.7 Å². The number of ether oxygens (including phenoxy) is 1. The molecule has 1 aromatic heterocycles. The molecule has 2 aromatic rings. The van der Waals surface area contributed by atoms with Crippen LogP contribution in [0.1, 0.15) is 36.5 Å². The molecule has 1 aromatic carbocycles. The van der Waals surface area contributed by atoms with Gasteiger partial charge in [0.15, 0.2) is 0 Å². The van der Waals surface area contributed by atoms with E-state index in [2.05, 4.69) is 10.3 Å². The minimum absolute atomic E-state index is 0.228. The molecule has 0 unspecified atom stereocenters. The van der Waals surface area contributed by atoms with E-state index < -0.39 is 17.2 Å². The van der Waals surface area contributed by atoms with Crippen LogP contribution in [0.5, 0.6) is 0 Å². The lowest BCUT2D eigenvalue weighted by molar-refractivity contribution is -0.186. The van der Waals surface area contributed by atoms with Crippen molar-refractivity contribution < 1.29 is 19.4 Å². The smallest absolute Gasteiger partial charge is 0.251 e. The number of fused-ring (bicyclic) bond motifs is 1. The number of H-pyrrole nitrogens is 1. The highest BCUT2D eigenvalue weighted by atomic mass is 16.5. The van der Waals surface area contributed by atoms with Crippen LogP contribution in [0.3, 0.4) is 0 Å². The van der Waals surface area contributed by atoms with Crippen LogP contribution in [0.25, 0.3) is 10.9 Å². The number of piperidine rings is 1. The van der Waals surface area contributed by atoms with Crippen molar-refractivity contribution in [2.45, 2.75) is 43.4 Å². The van der Waals surface area contributed by atoms with Crippen molar-refractivity contribution in [1.29, 1.82) is 0 Å². The number of nitrogens with two attached hydrogens (primary N) is 1. The normalized spacial score (nSPS) is 27.2. The van der Waals surface area contributed by atoms with Crippen LogP contribution in [0, 0.1) is 0 Å². The van der Waals surface area contributed by atoms with Gasteiger partial charge in [0.25, 0.3) is 5.91 Å². The molecule has 2 aliphatic heterocycles. The molecule has 2 atom stereocenters. The molecule has 2 fully saturated rings. The first kappa shape index (κ1) is 19.9. The molecule has 29 heavy (non-hydrogen) atoms. The van der Waals surface area contributed by atoms with Gasteiger partial charge in [-0.05, 0) is 44.0 Å². The van der Waals surface area contributed by atoms with Gasteiger partial charge in [0.2, 0.25) is 5.91 Å². The van der Waals surface area contributed by atoms with E-state index in [-0.39, 0.29) is 25.0 Å². The first-order chi connectivity index (χ1) is 13.8. The molecular formula is C21H28N4O4. The maximum atomic E-state index is 12.7. The number of nitrogens with one attached hydrogen (secondary N) is 2. The molecule has 0 aliphatic carbocycles.